The van der Waals surface area contributed by atoms with E-state index >= 15 is 0 Å². The molecule has 1 atom stereocenters. The number of benzene rings is 1. The van der Waals surface area contributed by atoms with Crippen LogP contribution < -0.4 is 5.32 Å². The van der Waals surface area contributed by atoms with E-state index in [9.17, 15) is 10.2 Å². The Hall–Kier alpha value is -1.46. The number of unbranched alkanes of at least 4 members (excludes halogenated alkanes) is 4. The fourth-order valence-corrected chi connectivity index (χ4v) is 3.78. The van der Waals surface area contributed by atoms with Gasteiger partial charge in [0.05, 0.1) is 13.2 Å². The summed E-state index contributed by atoms with van der Waals surface area (Å²) in [6.45, 7) is 3.60. The summed E-state index contributed by atoms with van der Waals surface area (Å²) in [6, 6.07) is 10.7. The van der Waals surface area contributed by atoms with Crippen molar-refractivity contribution in [2.45, 2.75) is 51.4 Å². The number of aliphatic hydroxyl groups is 2. The van der Waals surface area contributed by atoms with Crippen molar-refractivity contribution >= 4 is 0 Å². The molecule has 162 valence electrons. The van der Waals surface area contributed by atoms with Crippen LogP contribution in [0.15, 0.2) is 54.1 Å². The van der Waals surface area contributed by atoms with Crippen molar-refractivity contribution in [1.82, 2.24) is 5.32 Å². The second-order valence-electron chi connectivity index (χ2n) is 8.19. The normalized spacial score (nSPS) is 18.8. The summed E-state index contributed by atoms with van der Waals surface area (Å²) in [7, 11) is 0. The zero-order valence-electron chi connectivity index (χ0n) is 17.8. The molecule has 1 aromatic rings. The Labute approximate surface area is 176 Å². The highest BCUT2D eigenvalue weighted by molar-refractivity contribution is 5.24. The molecule has 0 aliphatic heterocycles. The molecular formula is C25H39NO3. The van der Waals surface area contributed by atoms with Crippen LogP contribution in [-0.4, -0.2) is 49.7 Å². The molecule has 1 aromatic carbocycles. The van der Waals surface area contributed by atoms with Gasteiger partial charge in [-0.05, 0) is 62.6 Å². The molecule has 0 radical (unpaired) electrons. The lowest BCUT2D eigenvalue weighted by atomic mass is 9.79. The summed E-state index contributed by atoms with van der Waals surface area (Å²) in [5.41, 5.74) is 2.15. The quantitative estimate of drug-likeness (QED) is 0.366. The van der Waals surface area contributed by atoms with Crippen molar-refractivity contribution in [2.75, 3.05) is 39.5 Å². The Morgan fingerprint density at radius 1 is 0.931 bits per heavy atom. The first-order chi connectivity index (χ1) is 14.3. The Morgan fingerprint density at radius 2 is 1.69 bits per heavy atom. The standard InChI is InChI=1S/C25H39NO3/c27-20-24-14-10-15-25(19-24,22-28)21-26-16-7-3-9-18-29-17-8-2-6-13-23-11-4-1-5-12-23/h1,4-5,10-12,14-15,26-28H,2-3,6-9,13,16-22H2. The maximum absolute atomic E-state index is 9.77. The fraction of sp³-hybridized carbons (Fsp3) is 0.600. The van der Waals surface area contributed by atoms with Crippen molar-refractivity contribution in [3.63, 3.8) is 0 Å². The summed E-state index contributed by atoms with van der Waals surface area (Å²) in [6.07, 6.45) is 14.8. The average Bonchev–Trinajstić information content (AvgIpc) is 2.77. The first kappa shape index (κ1) is 23.8. The van der Waals surface area contributed by atoms with Crippen LogP contribution in [0.3, 0.4) is 0 Å². The average molecular weight is 402 g/mol. The van der Waals surface area contributed by atoms with E-state index in [-0.39, 0.29) is 18.6 Å². The third-order valence-corrected chi connectivity index (χ3v) is 5.60. The van der Waals surface area contributed by atoms with Gasteiger partial charge in [0.1, 0.15) is 0 Å². The number of nitrogens with one attached hydrogen (secondary N) is 1. The van der Waals surface area contributed by atoms with E-state index < -0.39 is 0 Å². The van der Waals surface area contributed by atoms with Gasteiger partial charge in [-0.25, -0.2) is 0 Å². The summed E-state index contributed by atoms with van der Waals surface area (Å²) >= 11 is 0. The van der Waals surface area contributed by atoms with Crippen molar-refractivity contribution in [2.24, 2.45) is 5.41 Å². The lowest BCUT2D eigenvalue weighted by Gasteiger charge is -2.32. The first-order valence-corrected chi connectivity index (χ1v) is 11.2. The third-order valence-electron chi connectivity index (χ3n) is 5.60. The summed E-state index contributed by atoms with van der Waals surface area (Å²) < 4.78 is 5.75. The zero-order valence-corrected chi connectivity index (χ0v) is 17.8. The van der Waals surface area contributed by atoms with Crippen molar-refractivity contribution in [3.8, 4) is 0 Å². The number of aryl methyl sites for hydroxylation is 1. The lowest BCUT2D eigenvalue weighted by Crippen LogP contribution is -2.37. The number of rotatable bonds is 16. The van der Waals surface area contributed by atoms with Gasteiger partial charge < -0.3 is 20.3 Å². The Bertz CT molecular complexity index is 599. The number of aliphatic hydroxyl groups excluding tert-OH is 2. The minimum atomic E-state index is -0.267. The van der Waals surface area contributed by atoms with Gasteiger partial charge in [0.25, 0.3) is 0 Å². The molecule has 3 N–H and O–H groups in total. The third kappa shape index (κ3) is 9.72. The molecule has 29 heavy (non-hydrogen) atoms. The van der Waals surface area contributed by atoms with Crippen LogP contribution in [0.5, 0.6) is 0 Å². The van der Waals surface area contributed by atoms with E-state index in [0.29, 0.717) is 0 Å². The monoisotopic (exact) mass is 401 g/mol. The van der Waals surface area contributed by atoms with Gasteiger partial charge in [0.2, 0.25) is 0 Å². The van der Waals surface area contributed by atoms with Gasteiger partial charge in [-0.3, -0.25) is 0 Å². The van der Waals surface area contributed by atoms with Crippen LogP contribution in [0.25, 0.3) is 0 Å². The van der Waals surface area contributed by atoms with Gasteiger partial charge in [-0.15, -0.1) is 0 Å². The minimum Gasteiger partial charge on any atom is -0.395 e. The molecule has 0 bridgehead atoms. The maximum atomic E-state index is 9.77. The molecule has 0 fully saturated rings. The van der Waals surface area contributed by atoms with Gasteiger partial charge in [0.15, 0.2) is 0 Å². The van der Waals surface area contributed by atoms with Crippen molar-refractivity contribution in [3.05, 3.63) is 59.7 Å². The SMILES string of the molecule is OCC1=CC=CC(CO)(CNCCCCCOCCCCCc2ccccc2)C1. The fourth-order valence-electron chi connectivity index (χ4n) is 3.78. The highest BCUT2D eigenvalue weighted by Crippen LogP contribution is 2.30. The topological polar surface area (TPSA) is 61.7 Å². The smallest absolute Gasteiger partial charge is 0.0645 e. The predicted octanol–water partition coefficient (Wildman–Crippen LogP) is 4.03. The second kappa shape index (κ2) is 14.5. The summed E-state index contributed by atoms with van der Waals surface area (Å²) in [5.74, 6) is 0. The number of ether oxygens (including phenoxy) is 1. The van der Waals surface area contributed by atoms with E-state index in [2.05, 4.69) is 41.7 Å². The first-order valence-electron chi connectivity index (χ1n) is 11.2. The molecule has 1 aliphatic carbocycles. The molecule has 1 unspecified atom stereocenters. The van der Waals surface area contributed by atoms with Crippen molar-refractivity contribution in [1.29, 1.82) is 0 Å². The summed E-state index contributed by atoms with van der Waals surface area (Å²) in [4.78, 5) is 0. The van der Waals surface area contributed by atoms with Crippen LogP contribution in [0.1, 0.15) is 50.5 Å². The lowest BCUT2D eigenvalue weighted by molar-refractivity contribution is 0.125. The molecular weight excluding hydrogens is 362 g/mol. The van der Waals surface area contributed by atoms with E-state index in [4.69, 9.17) is 4.74 Å². The maximum Gasteiger partial charge on any atom is 0.0645 e. The Balaban J connectivity index is 1.38. The highest BCUT2D eigenvalue weighted by Gasteiger charge is 2.28. The van der Waals surface area contributed by atoms with Gasteiger partial charge in [0, 0.05) is 25.2 Å². The Kier molecular flexibility index (Phi) is 11.9. The second-order valence-corrected chi connectivity index (χ2v) is 8.19. The minimum absolute atomic E-state index is 0.0686. The van der Waals surface area contributed by atoms with Crippen LogP contribution in [0, 0.1) is 5.41 Å². The number of hydrogen-bond donors (Lipinski definition) is 3. The molecule has 0 saturated carbocycles. The largest absolute Gasteiger partial charge is 0.395 e. The molecule has 0 spiro atoms. The number of allylic oxidation sites excluding steroid dienone is 2. The molecule has 4 heteroatoms. The zero-order chi connectivity index (χ0) is 20.6. The molecule has 0 amide bonds. The van der Waals surface area contributed by atoms with E-state index in [1.165, 1.54) is 24.8 Å². The van der Waals surface area contributed by atoms with Crippen LogP contribution >= 0.6 is 0 Å². The molecule has 0 aromatic heterocycles. The van der Waals surface area contributed by atoms with Gasteiger partial charge in [-0.2, -0.15) is 0 Å². The van der Waals surface area contributed by atoms with Gasteiger partial charge >= 0.3 is 0 Å². The number of hydrogen-bond acceptors (Lipinski definition) is 4. The van der Waals surface area contributed by atoms with E-state index in [0.717, 1.165) is 64.0 Å². The van der Waals surface area contributed by atoms with E-state index in [1.807, 2.05) is 12.2 Å². The molecule has 0 heterocycles. The molecule has 4 nitrogen and oxygen atoms in total. The predicted molar refractivity (Wildman–Crippen MR) is 120 cm³/mol. The molecule has 1 aliphatic rings. The van der Waals surface area contributed by atoms with E-state index in [1.54, 1.807) is 0 Å². The summed E-state index contributed by atoms with van der Waals surface area (Å²) in [5, 5.41) is 22.6. The molecule has 0 saturated heterocycles. The van der Waals surface area contributed by atoms with Crippen LogP contribution in [0.2, 0.25) is 0 Å². The van der Waals surface area contributed by atoms with Crippen LogP contribution in [-0.2, 0) is 11.2 Å². The van der Waals surface area contributed by atoms with Crippen LogP contribution in [0.4, 0.5) is 0 Å². The van der Waals surface area contributed by atoms with Gasteiger partial charge in [-0.1, -0.05) is 55.0 Å². The van der Waals surface area contributed by atoms with Crippen molar-refractivity contribution < 1.29 is 14.9 Å². The highest BCUT2D eigenvalue weighted by atomic mass is 16.5. The Morgan fingerprint density at radius 3 is 2.41 bits per heavy atom. The molecule has 2 rings (SSSR count).